The quantitative estimate of drug-likeness (QED) is 0.325. The van der Waals surface area contributed by atoms with Crippen molar-refractivity contribution in [1.82, 2.24) is 4.98 Å². The van der Waals surface area contributed by atoms with Crippen molar-refractivity contribution < 1.29 is 42.7 Å². The Kier molecular flexibility index (Phi) is 6.75. The van der Waals surface area contributed by atoms with Crippen LogP contribution in [0.5, 0.6) is 0 Å². The zero-order chi connectivity index (χ0) is 23.9. The number of thioether (sulfide) groups is 1. The molecule has 2 unspecified atom stereocenters. The van der Waals surface area contributed by atoms with Crippen molar-refractivity contribution >= 4 is 23.5 Å². The van der Waals surface area contributed by atoms with Crippen LogP contribution in [0.4, 0.5) is 17.6 Å². The Morgan fingerprint density at radius 1 is 1.03 bits per heavy atom. The van der Waals surface area contributed by atoms with E-state index in [0.717, 1.165) is 0 Å². The molecule has 1 saturated heterocycles. The van der Waals surface area contributed by atoms with Crippen molar-refractivity contribution in [2.24, 2.45) is 4.99 Å². The monoisotopic (exact) mass is 486 g/mol. The van der Waals surface area contributed by atoms with E-state index in [4.69, 9.17) is 4.74 Å². The minimum absolute atomic E-state index is 0.0726. The average Bonchev–Trinajstić information content (AvgIpc) is 3.53. The van der Waals surface area contributed by atoms with Crippen molar-refractivity contribution in [2.45, 2.75) is 34.7 Å². The molecule has 1 aromatic heterocycles. The zero-order valence-electron chi connectivity index (χ0n) is 16.6. The van der Waals surface area contributed by atoms with Crippen LogP contribution in [0.2, 0.25) is 0 Å². The number of aromatic amines is 1. The number of hydrogen-bond donors (Lipinski definition) is 5. The maximum atomic E-state index is 15.2. The molecule has 2 aliphatic heterocycles. The van der Waals surface area contributed by atoms with E-state index in [1.807, 2.05) is 0 Å². The van der Waals surface area contributed by atoms with Gasteiger partial charge >= 0.3 is 0 Å². The maximum Gasteiger partial charge on any atom is 0.176 e. The number of aliphatic imine (C=N–C) groups is 1. The molecular weight excluding hydrogens is 468 g/mol. The molecule has 0 spiro atoms. The first kappa shape index (κ1) is 23.7. The van der Waals surface area contributed by atoms with Crippen LogP contribution in [0.25, 0.3) is 5.57 Å². The summed E-state index contributed by atoms with van der Waals surface area (Å²) in [4.78, 5) is 5.58. The Hall–Kier alpha value is -2.48. The van der Waals surface area contributed by atoms with Crippen molar-refractivity contribution in [2.75, 3.05) is 6.61 Å². The Bertz CT molecular complexity index is 1090. The van der Waals surface area contributed by atoms with E-state index in [2.05, 4.69) is 9.98 Å². The fourth-order valence-electron chi connectivity index (χ4n) is 3.55. The van der Waals surface area contributed by atoms with Crippen LogP contribution in [0, 0.1) is 23.3 Å². The molecule has 1 fully saturated rings. The number of nitrogens with one attached hydrogen (secondary N) is 1. The molecule has 2 aliphatic rings. The third kappa shape index (κ3) is 4.14. The first-order valence-electron chi connectivity index (χ1n) is 9.68. The second-order valence-electron chi connectivity index (χ2n) is 7.26. The number of ether oxygens (including phenoxy) is 1. The Morgan fingerprint density at radius 2 is 1.73 bits per heavy atom. The summed E-state index contributed by atoms with van der Waals surface area (Å²) in [7, 11) is 0. The van der Waals surface area contributed by atoms with Gasteiger partial charge in [0.05, 0.1) is 22.8 Å². The summed E-state index contributed by atoms with van der Waals surface area (Å²) in [6.45, 7) is -0.782. The van der Waals surface area contributed by atoms with Gasteiger partial charge in [-0.3, -0.25) is 4.99 Å². The molecule has 33 heavy (non-hydrogen) atoms. The normalized spacial score (nSPS) is 28.5. The lowest BCUT2D eigenvalue weighted by Gasteiger charge is -2.39. The van der Waals surface area contributed by atoms with Crippen LogP contribution in [0.1, 0.15) is 11.3 Å². The molecule has 0 bridgehead atoms. The third-order valence-corrected chi connectivity index (χ3v) is 6.45. The minimum Gasteiger partial charge on any atom is -0.394 e. The highest BCUT2D eigenvalue weighted by Gasteiger charge is 2.45. The summed E-state index contributed by atoms with van der Waals surface area (Å²) in [5.74, 6) is -6.90. The molecule has 176 valence electrons. The van der Waals surface area contributed by atoms with Crippen LogP contribution < -0.4 is 0 Å². The SMILES string of the molecule is OCC1O[C@@H](Sc2c(F)c(F)c(C(=C3C=CC=N3)c3ccc[nH]3)c(F)c2F)C(O)[C@@H](O)[C@H]1O. The highest BCUT2D eigenvalue weighted by atomic mass is 32.2. The Morgan fingerprint density at radius 3 is 2.27 bits per heavy atom. The summed E-state index contributed by atoms with van der Waals surface area (Å²) < 4.78 is 65.6. The molecule has 3 heterocycles. The van der Waals surface area contributed by atoms with Gasteiger partial charge in [-0.05, 0) is 24.3 Å². The molecule has 5 atom stereocenters. The van der Waals surface area contributed by atoms with Crippen LogP contribution in [-0.4, -0.2) is 68.1 Å². The Labute approximate surface area is 188 Å². The van der Waals surface area contributed by atoms with Crippen molar-refractivity contribution in [3.8, 4) is 0 Å². The predicted octanol–water partition coefficient (Wildman–Crippen LogP) is 1.86. The van der Waals surface area contributed by atoms with Crippen LogP contribution in [0.15, 0.2) is 46.1 Å². The lowest BCUT2D eigenvalue weighted by molar-refractivity contribution is -0.205. The van der Waals surface area contributed by atoms with E-state index in [0.29, 0.717) is 0 Å². The van der Waals surface area contributed by atoms with E-state index >= 15 is 17.6 Å². The predicted molar refractivity (Wildman–Crippen MR) is 110 cm³/mol. The standard InChI is InChI=1S/C21H18F4N2O5S/c22-13-12(11(8-3-1-5-26-8)9-4-2-6-27-9)14(23)16(25)20(15(13)24)33-21-19(31)18(30)17(29)10(7-28)32-21/h1-6,10,17-19,21,26,28-31H,7H2/t10?,17-,18-,19?,21-/m0/s1. The number of aromatic nitrogens is 1. The highest BCUT2D eigenvalue weighted by Crippen LogP contribution is 2.41. The number of aliphatic hydroxyl groups is 4. The molecular formula is C21H18F4N2O5S. The zero-order valence-corrected chi connectivity index (χ0v) is 17.4. The Balaban J connectivity index is 1.79. The largest absolute Gasteiger partial charge is 0.394 e. The smallest absolute Gasteiger partial charge is 0.176 e. The molecule has 4 rings (SSSR count). The number of hydrogen-bond acceptors (Lipinski definition) is 7. The fourth-order valence-corrected chi connectivity index (χ4v) is 4.67. The maximum absolute atomic E-state index is 15.2. The first-order valence-corrected chi connectivity index (χ1v) is 10.6. The van der Waals surface area contributed by atoms with Gasteiger partial charge in [-0.1, -0.05) is 11.8 Å². The van der Waals surface area contributed by atoms with Gasteiger partial charge in [0.15, 0.2) is 23.3 Å². The number of halogens is 4. The number of H-pyrrole nitrogens is 1. The number of allylic oxidation sites excluding steroid dienone is 2. The van der Waals surface area contributed by atoms with Crippen molar-refractivity contribution in [1.29, 1.82) is 0 Å². The van der Waals surface area contributed by atoms with E-state index < -0.39 is 70.2 Å². The number of benzene rings is 1. The van der Waals surface area contributed by atoms with Crippen LogP contribution >= 0.6 is 11.8 Å². The lowest BCUT2D eigenvalue weighted by Crippen LogP contribution is -2.57. The van der Waals surface area contributed by atoms with Gasteiger partial charge in [-0.2, -0.15) is 0 Å². The molecule has 7 nitrogen and oxygen atoms in total. The van der Waals surface area contributed by atoms with E-state index in [-0.39, 0.29) is 28.7 Å². The second kappa shape index (κ2) is 9.41. The topological polar surface area (TPSA) is 118 Å². The average molecular weight is 486 g/mol. The van der Waals surface area contributed by atoms with Gasteiger partial charge in [-0.15, -0.1) is 0 Å². The first-order chi connectivity index (χ1) is 15.8. The molecule has 0 radical (unpaired) electrons. The molecule has 2 aromatic rings. The van der Waals surface area contributed by atoms with Crippen LogP contribution in [0.3, 0.4) is 0 Å². The summed E-state index contributed by atoms with van der Waals surface area (Å²) in [5.41, 5.74) is -2.59. The number of aliphatic hydroxyl groups excluding tert-OH is 4. The summed E-state index contributed by atoms with van der Waals surface area (Å²) in [6, 6.07) is 2.99. The molecule has 0 aliphatic carbocycles. The third-order valence-electron chi connectivity index (χ3n) is 5.23. The molecule has 12 heteroatoms. The van der Waals surface area contributed by atoms with Gasteiger partial charge < -0.3 is 30.1 Å². The molecule has 5 N–H and O–H groups in total. The van der Waals surface area contributed by atoms with E-state index in [9.17, 15) is 20.4 Å². The lowest BCUT2D eigenvalue weighted by atomic mass is 9.98. The van der Waals surface area contributed by atoms with Gasteiger partial charge in [-0.25, -0.2) is 17.6 Å². The molecule has 0 saturated carbocycles. The highest BCUT2D eigenvalue weighted by molar-refractivity contribution is 7.99. The van der Waals surface area contributed by atoms with Crippen LogP contribution in [-0.2, 0) is 4.74 Å². The molecule has 0 amide bonds. The summed E-state index contributed by atoms with van der Waals surface area (Å²) in [5, 5.41) is 39.1. The molecule has 1 aromatic carbocycles. The van der Waals surface area contributed by atoms with Gasteiger partial charge in [0.25, 0.3) is 0 Å². The van der Waals surface area contributed by atoms with Gasteiger partial charge in [0.1, 0.15) is 29.9 Å². The van der Waals surface area contributed by atoms with E-state index in [1.165, 1.54) is 36.7 Å². The van der Waals surface area contributed by atoms with Crippen molar-refractivity contribution in [3.05, 3.63) is 70.7 Å². The summed E-state index contributed by atoms with van der Waals surface area (Å²) >= 11 is 0.0774. The number of nitrogens with zero attached hydrogens (tertiary/aromatic N) is 1. The van der Waals surface area contributed by atoms with E-state index in [1.54, 1.807) is 0 Å². The minimum atomic E-state index is -1.87. The van der Waals surface area contributed by atoms with Gasteiger partial charge in [0.2, 0.25) is 0 Å². The number of rotatable bonds is 5. The fraction of sp³-hybridized carbons (Fsp3) is 0.286. The van der Waals surface area contributed by atoms with Crippen molar-refractivity contribution in [3.63, 3.8) is 0 Å². The second-order valence-corrected chi connectivity index (χ2v) is 8.37. The van der Waals surface area contributed by atoms with Gasteiger partial charge in [0, 0.05) is 23.7 Å². The summed E-state index contributed by atoms with van der Waals surface area (Å²) in [6.07, 6.45) is -1.05.